The van der Waals surface area contributed by atoms with Gasteiger partial charge in [-0.2, -0.15) is 0 Å². The van der Waals surface area contributed by atoms with Gasteiger partial charge >= 0.3 is 0 Å². The van der Waals surface area contributed by atoms with Gasteiger partial charge in [0.15, 0.2) is 0 Å². The number of aromatic nitrogens is 2. The zero-order valence-electron chi connectivity index (χ0n) is 10.0. The number of rotatable bonds is 3. The van der Waals surface area contributed by atoms with Crippen LogP contribution in [0, 0.1) is 6.92 Å². The van der Waals surface area contributed by atoms with Gasteiger partial charge in [0.25, 0.3) is 0 Å². The van der Waals surface area contributed by atoms with Crippen LogP contribution in [-0.2, 0) is 0 Å². The number of nitrogens with two attached hydrogens (primary N) is 1. The van der Waals surface area contributed by atoms with E-state index < -0.39 is 0 Å². The van der Waals surface area contributed by atoms with E-state index in [2.05, 4.69) is 22.2 Å². The van der Waals surface area contributed by atoms with Gasteiger partial charge in [0, 0.05) is 17.6 Å². The molecule has 88 valence electrons. The molecule has 0 fully saturated rings. The Labute approximate surface area is 101 Å². The zero-order chi connectivity index (χ0) is 12.3. The number of aryl methyl sites for hydroxylation is 1. The Morgan fingerprint density at radius 3 is 2.53 bits per heavy atom. The summed E-state index contributed by atoms with van der Waals surface area (Å²) in [6, 6.07) is 9.82. The molecule has 4 heteroatoms. The smallest absolute Gasteiger partial charge is 0.223 e. The summed E-state index contributed by atoms with van der Waals surface area (Å²) in [6.45, 7) is 4.01. The lowest BCUT2D eigenvalue weighted by atomic mass is 10.1. The Balaban J connectivity index is 2.11. The quantitative estimate of drug-likeness (QED) is 0.792. The summed E-state index contributed by atoms with van der Waals surface area (Å²) >= 11 is 0. The van der Waals surface area contributed by atoms with Crippen molar-refractivity contribution in [1.29, 1.82) is 0 Å². The van der Waals surface area contributed by atoms with E-state index in [0.717, 1.165) is 16.9 Å². The van der Waals surface area contributed by atoms with Gasteiger partial charge in [0.05, 0.1) is 6.04 Å². The van der Waals surface area contributed by atoms with E-state index in [1.54, 1.807) is 6.20 Å². The Hall–Kier alpha value is -2.10. The van der Waals surface area contributed by atoms with E-state index in [1.807, 2.05) is 37.3 Å². The predicted octanol–water partition coefficient (Wildman–Crippen LogP) is 2.54. The minimum absolute atomic E-state index is 0.150. The third kappa shape index (κ3) is 2.93. The zero-order valence-corrected chi connectivity index (χ0v) is 10.0. The molecule has 0 saturated carbocycles. The monoisotopic (exact) mass is 228 g/mol. The van der Waals surface area contributed by atoms with Crippen molar-refractivity contribution in [2.45, 2.75) is 19.9 Å². The van der Waals surface area contributed by atoms with Gasteiger partial charge in [-0.05, 0) is 37.6 Å². The van der Waals surface area contributed by atoms with Crippen LogP contribution in [0.1, 0.15) is 24.2 Å². The summed E-state index contributed by atoms with van der Waals surface area (Å²) in [5, 5.41) is 3.26. The molecule has 17 heavy (non-hydrogen) atoms. The molecule has 4 nitrogen and oxygen atoms in total. The molecule has 0 aliphatic heterocycles. The number of anilines is 2. The summed E-state index contributed by atoms with van der Waals surface area (Å²) in [6.07, 6.45) is 1.75. The minimum atomic E-state index is 0.150. The van der Waals surface area contributed by atoms with E-state index in [-0.39, 0.29) is 6.04 Å². The fourth-order valence-electron chi connectivity index (χ4n) is 1.58. The molecule has 0 bridgehead atoms. The van der Waals surface area contributed by atoms with Crippen molar-refractivity contribution in [2.75, 3.05) is 11.1 Å². The van der Waals surface area contributed by atoms with E-state index in [0.29, 0.717) is 5.95 Å². The lowest BCUT2D eigenvalue weighted by Gasteiger charge is -2.14. The predicted molar refractivity (Wildman–Crippen MR) is 69.7 cm³/mol. The summed E-state index contributed by atoms with van der Waals surface area (Å²) in [5.41, 5.74) is 8.53. The van der Waals surface area contributed by atoms with Crippen molar-refractivity contribution in [3.8, 4) is 0 Å². The van der Waals surface area contributed by atoms with Crippen LogP contribution in [0.15, 0.2) is 36.5 Å². The fourth-order valence-corrected chi connectivity index (χ4v) is 1.58. The van der Waals surface area contributed by atoms with Gasteiger partial charge < -0.3 is 11.1 Å². The van der Waals surface area contributed by atoms with Crippen LogP contribution in [0.5, 0.6) is 0 Å². The lowest BCUT2D eigenvalue weighted by Crippen LogP contribution is -2.09. The van der Waals surface area contributed by atoms with Gasteiger partial charge in [0.2, 0.25) is 5.95 Å². The van der Waals surface area contributed by atoms with Crippen molar-refractivity contribution in [2.24, 2.45) is 0 Å². The molecule has 1 unspecified atom stereocenters. The first-order valence-corrected chi connectivity index (χ1v) is 5.57. The van der Waals surface area contributed by atoms with Crippen LogP contribution in [-0.4, -0.2) is 9.97 Å². The first-order valence-electron chi connectivity index (χ1n) is 5.57. The van der Waals surface area contributed by atoms with Crippen molar-refractivity contribution in [3.63, 3.8) is 0 Å². The van der Waals surface area contributed by atoms with Crippen LogP contribution in [0.4, 0.5) is 11.6 Å². The summed E-state index contributed by atoms with van der Waals surface area (Å²) in [4.78, 5) is 8.48. The van der Waals surface area contributed by atoms with Gasteiger partial charge in [0.1, 0.15) is 0 Å². The van der Waals surface area contributed by atoms with E-state index in [9.17, 15) is 0 Å². The number of hydrogen-bond donors (Lipinski definition) is 2. The average molecular weight is 228 g/mol. The normalized spacial score (nSPS) is 12.1. The molecule has 1 atom stereocenters. The van der Waals surface area contributed by atoms with Crippen molar-refractivity contribution in [1.82, 2.24) is 9.97 Å². The molecule has 3 N–H and O–H groups in total. The summed E-state index contributed by atoms with van der Waals surface area (Å²) < 4.78 is 0. The van der Waals surface area contributed by atoms with E-state index in [4.69, 9.17) is 5.73 Å². The minimum Gasteiger partial charge on any atom is -0.399 e. The third-order valence-corrected chi connectivity index (χ3v) is 2.58. The molecule has 1 heterocycles. The number of nitrogen functional groups attached to an aromatic ring is 1. The second-order valence-corrected chi connectivity index (χ2v) is 4.05. The summed E-state index contributed by atoms with van der Waals surface area (Å²) in [5.74, 6) is 0.648. The second kappa shape index (κ2) is 4.82. The van der Waals surface area contributed by atoms with Crippen molar-refractivity contribution >= 4 is 11.6 Å². The van der Waals surface area contributed by atoms with Crippen LogP contribution in [0.2, 0.25) is 0 Å². The molecule has 0 saturated heterocycles. The van der Waals surface area contributed by atoms with Gasteiger partial charge in [-0.1, -0.05) is 12.1 Å². The van der Waals surface area contributed by atoms with Gasteiger partial charge in [-0.3, -0.25) is 0 Å². The van der Waals surface area contributed by atoms with Crippen LogP contribution >= 0.6 is 0 Å². The van der Waals surface area contributed by atoms with Gasteiger partial charge in [-0.15, -0.1) is 0 Å². The molecule has 0 aliphatic carbocycles. The number of nitrogens with one attached hydrogen (secondary N) is 1. The Bertz CT molecular complexity index is 493. The van der Waals surface area contributed by atoms with Crippen LogP contribution in [0.3, 0.4) is 0 Å². The van der Waals surface area contributed by atoms with Gasteiger partial charge in [-0.25, -0.2) is 9.97 Å². The van der Waals surface area contributed by atoms with Crippen LogP contribution in [0.25, 0.3) is 0 Å². The summed E-state index contributed by atoms with van der Waals surface area (Å²) in [7, 11) is 0. The third-order valence-electron chi connectivity index (χ3n) is 2.58. The van der Waals surface area contributed by atoms with Crippen molar-refractivity contribution < 1.29 is 0 Å². The maximum Gasteiger partial charge on any atom is 0.223 e. The molecule has 1 aromatic heterocycles. The first kappa shape index (κ1) is 11.4. The van der Waals surface area contributed by atoms with Crippen LogP contribution < -0.4 is 11.1 Å². The van der Waals surface area contributed by atoms with Crippen molar-refractivity contribution in [3.05, 3.63) is 47.8 Å². The Kier molecular flexibility index (Phi) is 3.23. The highest BCUT2D eigenvalue weighted by Gasteiger charge is 2.06. The second-order valence-electron chi connectivity index (χ2n) is 4.05. The maximum absolute atomic E-state index is 5.65. The molecule has 2 aromatic rings. The lowest BCUT2D eigenvalue weighted by molar-refractivity contribution is 0.857. The highest BCUT2D eigenvalue weighted by Crippen LogP contribution is 2.17. The highest BCUT2D eigenvalue weighted by atomic mass is 15.1. The maximum atomic E-state index is 5.65. The molecular formula is C13H16N4. The highest BCUT2D eigenvalue weighted by molar-refractivity contribution is 5.41. The topological polar surface area (TPSA) is 63.8 Å². The average Bonchev–Trinajstić information content (AvgIpc) is 2.29. The first-order chi connectivity index (χ1) is 8.15. The number of hydrogen-bond acceptors (Lipinski definition) is 4. The molecule has 0 spiro atoms. The standard InChI is InChI=1S/C13H16N4/c1-9-7-8-15-13(16-9)17-10(2)11-3-5-12(14)6-4-11/h3-8,10H,14H2,1-2H3,(H,15,16,17). The SMILES string of the molecule is Cc1ccnc(NC(C)c2ccc(N)cc2)n1. The van der Waals surface area contributed by atoms with E-state index >= 15 is 0 Å². The fraction of sp³-hybridized carbons (Fsp3) is 0.231. The number of nitrogens with zero attached hydrogens (tertiary/aromatic N) is 2. The van der Waals surface area contributed by atoms with E-state index in [1.165, 1.54) is 0 Å². The molecule has 2 rings (SSSR count). The molecule has 0 radical (unpaired) electrons. The molecule has 1 aromatic carbocycles. The Morgan fingerprint density at radius 2 is 1.88 bits per heavy atom. The number of benzene rings is 1. The molecular weight excluding hydrogens is 212 g/mol. The Morgan fingerprint density at radius 1 is 1.18 bits per heavy atom. The largest absolute Gasteiger partial charge is 0.399 e. The molecule has 0 amide bonds. The molecule has 0 aliphatic rings.